The molecule has 3 unspecified atom stereocenters. The van der Waals surface area contributed by atoms with Gasteiger partial charge in [0.15, 0.2) is 0 Å². The third-order valence-corrected chi connectivity index (χ3v) is 7.03. The maximum absolute atomic E-state index is 11.9. The topological polar surface area (TPSA) is 68.0 Å². The number of pyridine rings is 1. The summed E-state index contributed by atoms with van der Waals surface area (Å²) >= 11 is 6.85. The molecule has 0 radical (unpaired) electrons. The van der Waals surface area contributed by atoms with Crippen molar-refractivity contribution >= 4 is 29.3 Å². The highest BCUT2D eigenvalue weighted by Crippen LogP contribution is 2.59. The number of aromatic nitrogens is 1. The van der Waals surface area contributed by atoms with Gasteiger partial charge in [0, 0.05) is 29.1 Å². The molecule has 1 aromatic rings. The summed E-state index contributed by atoms with van der Waals surface area (Å²) in [6, 6.07) is 0.395. The fourth-order valence-electron chi connectivity index (χ4n) is 5.87. The van der Waals surface area contributed by atoms with Crippen molar-refractivity contribution in [1.82, 2.24) is 4.98 Å². The normalized spacial score (nSPS) is 38.4. The first-order chi connectivity index (χ1) is 11.5. The number of rotatable bonds is 3. The Labute approximate surface area is 146 Å². The van der Waals surface area contributed by atoms with E-state index in [2.05, 4.69) is 22.5 Å². The second kappa shape index (κ2) is 4.98. The summed E-state index contributed by atoms with van der Waals surface area (Å²) in [7, 11) is 0. The van der Waals surface area contributed by atoms with Crippen LogP contribution >= 0.6 is 11.6 Å². The lowest BCUT2D eigenvalue weighted by Crippen LogP contribution is -2.57. The van der Waals surface area contributed by atoms with Crippen LogP contribution in [-0.4, -0.2) is 21.8 Å². The van der Waals surface area contributed by atoms with Crippen molar-refractivity contribution in [1.29, 1.82) is 0 Å². The summed E-state index contributed by atoms with van der Waals surface area (Å²) in [6.45, 7) is 0. The van der Waals surface area contributed by atoms with E-state index in [4.69, 9.17) is 17.3 Å². The van der Waals surface area contributed by atoms with Crippen LogP contribution in [0.5, 0.6) is 0 Å². The molecular formula is C19H22ClN3O. The predicted molar refractivity (Wildman–Crippen MR) is 95.0 cm³/mol. The number of alkyl halides is 1. The fraction of sp³-hybridized carbons (Fsp3) is 0.579. The smallest absolute Gasteiger partial charge is 0.252 e. The van der Waals surface area contributed by atoms with Gasteiger partial charge in [-0.05, 0) is 49.9 Å². The summed E-state index contributed by atoms with van der Waals surface area (Å²) in [6.07, 6.45) is 12.5. The minimum atomic E-state index is -0.411. The molecule has 4 fully saturated rings. The Morgan fingerprint density at radius 2 is 2.04 bits per heavy atom. The molecule has 5 heteroatoms. The number of amides is 1. The second-order valence-electron chi connectivity index (χ2n) is 8.17. The molecule has 5 atom stereocenters. The predicted octanol–water partition coefficient (Wildman–Crippen LogP) is 3.35. The van der Waals surface area contributed by atoms with E-state index >= 15 is 0 Å². The molecule has 6 rings (SSSR count). The fourth-order valence-corrected chi connectivity index (χ4v) is 6.48. The number of carbonyl (C=O) groups excluding carboxylic acids is 1. The molecule has 0 saturated heterocycles. The molecule has 0 spiro atoms. The largest absolute Gasteiger partial charge is 0.381 e. The number of primary amides is 1. The third-order valence-electron chi connectivity index (χ3n) is 6.57. The van der Waals surface area contributed by atoms with E-state index in [1.165, 1.54) is 19.3 Å². The van der Waals surface area contributed by atoms with Crippen molar-refractivity contribution in [2.45, 2.75) is 49.4 Å². The van der Waals surface area contributed by atoms with Crippen molar-refractivity contribution in [3.8, 4) is 0 Å². The lowest BCUT2D eigenvalue weighted by atomic mass is 9.53. The van der Waals surface area contributed by atoms with Gasteiger partial charge in [0.2, 0.25) is 0 Å². The number of hydrogen-bond acceptors (Lipinski definition) is 3. The summed E-state index contributed by atoms with van der Waals surface area (Å²) in [5.41, 5.74) is 9.09. The maximum Gasteiger partial charge on any atom is 0.252 e. The average Bonchev–Trinajstić information content (AvgIpc) is 2.97. The number of fused-ring (bicyclic) bond motifs is 1. The summed E-state index contributed by atoms with van der Waals surface area (Å²) in [5.74, 6) is 1.58. The zero-order valence-electron chi connectivity index (χ0n) is 13.6. The molecule has 1 aromatic heterocycles. The lowest BCUT2D eigenvalue weighted by Gasteiger charge is -2.58. The summed E-state index contributed by atoms with van der Waals surface area (Å²) < 4.78 is 0. The van der Waals surface area contributed by atoms with E-state index in [9.17, 15) is 4.79 Å². The molecule has 4 nitrogen and oxygen atoms in total. The minimum absolute atomic E-state index is 0.0291. The Hall–Kier alpha value is -1.55. The van der Waals surface area contributed by atoms with Crippen molar-refractivity contribution < 1.29 is 4.79 Å². The van der Waals surface area contributed by atoms with E-state index in [0.29, 0.717) is 23.4 Å². The SMILES string of the molecule is NC(=O)c1cnc2c(c1NC1[C@@H]3CC4C[C@H]1CC(Cl)(C4)C3)C=CC2. The molecule has 4 saturated carbocycles. The quantitative estimate of drug-likeness (QED) is 0.827. The molecule has 3 N–H and O–H groups in total. The zero-order chi connectivity index (χ0) is 16.5. The van der Waals surface area contributed by atoms with Crippen LogP contribution in [0, 0.1) is 17.8 Å². The molecule has 5 aliphatic rings. The van der Waals surface area contributed by atoms with Gasteiger partial charge in [-0.15, -0.1) is 11.6 Å². The number of nitrogens with two attached hydrogens (primary N) is 1. The monoisotopic (exact) mass is 343 g/mol. The number of hydrogen-bond donors (Lipinski definition) is 2. The molecule has 1 heterocycles. The Kier molecular flexibility index (Phi) is 3.06. The number of carbonyl (C=O) groups is 1. The Morgan fingerprint density at radius 3 is 2.71 bits per heavy atom. The lowest BCUT2D eigenvalue weighted by molar-refractivity contribution is 0.0219. The number of anilines is 1. The highest BCUT2D eigenvalue weighted by Gasteiger charge is 2.54. The van der Waals surface area contributed by atoms with Gasteiger partial charge < -0.3 is 11.1 Å². The van der Waals surface area contributed by atoms with Gasteiger partial charge in [-0.25, -0.2) is 0 Å². The van der Waals surface area contributed by atoms with Gasteiger partial charge in [-0.1, -0.05) is 12.2 Å². The van der Waals surface area contributed by atoms with Gasteiger partial charge in [-0.2, -0.15) is 0 Å². The van der Waals surface area contributed by atoms with Crippen molar-refractivity contribution in [2.75, 3.05) is 5.32 Å². The van der Waals surface area contributed by atoms with Gasteiger partial charge in [-0.3, -0.25) is 9.78 Å². The maximum atomic E-state index is 11.9. The van der Waals surface area contributed by atoms with Crippen LogP contribution in [0.3, 0.4) is 0 Å². The van der Waals surface area contributed by atoms with Crippen molar-refractivity contribution in [3.05, 3.63) is 29.1 Å². The van der Waals surface area contributed by atoms with Crippen LogP contribution < -0.4 is 11.1 Å². The van der Waals surface area contributed by atoms with E-state index in [0.717, 1.165) is 42.1 Å². The first-order valence-electron chi connectivity index (χ1n) is 8.96. The second-order valence-corrected chi connectivity index (χ2v) is 8.97. The summed E-state index contributed by atoms with van der Waals surface area (Å²) in [4.78, 5) is 16.4. The number of nitrogens with one attached hydrogen (secondary N) is 1. The first kappa shape index (κ1) is 14.8. The van der Waals surface area contributed by atoms with Crippen molar-refractivity contribution in [3.63, 3.8) is 0 Å². The molecule has 5 aliphatic carbocycles. The Morgan fingerprint density at radius 1 is 1.29 bits per heavy atom. The molecule has 24 heavy (non-hydrogen) atoms. The minimum Gasteiger partial charge on any atom is -0.381 e. The molecule has 1 amide bonds. The number of allylic oxidation sites excluding steroid dienone is 1. The van der Waals surface area contributed by atoms with Crippen molar-refractivity contribution in [2.24, 2.45) is 23.5 Å². The van der Waals surface area contributed by atoms with E-state index < -0.39 is 5.91 Å². The van der Waals surface area contributed by atoms with Crippen LogP contribution in [0.2, 0.25) is 0 Å². The van der Waals surface area contributed by atoms with Crippen LogP contribution in [0.4, 0.5) is 5.69 Å². The Bertz CT molecular complexity index is 743. The van der Waals surface area contributed by atoms with Gasteiger partial charge in [0.05, 0.1) is 16.9 Å². The molecule has 4 bridgehead atoms. The number of nitrogens with zero attached hydrogens (tertiary/aromatic N) is 1. The highest BCUT2D eigenvalue weighted by atomic mass is 35.5. The van der Waals surface area contributed by atoms with Gasteiger partial charge in [0.25, 0.3) is 5.91 Å². The van der Waals surface area contributed by atoms with E-state index in [1.807, 2.05) is 0 Å². The van der Waals surface area contributed by atoms with Gasteiger partial charge in [0.1, 0.15) is 0 Å². The van der Waals surface area contributed by atoms with Gasteiger partial charge >= 0.3 is 0 Å². The van der Waals surface area contributed by atoms with Crippen LogP contribution in [0.1, 0.15) is 53.7 Å². The number of halogens is 1. The molecule has 126 valence electrons. The van der Waals surface area contributed by atoms with Crippen LogP contribution in [0.15, 0.2) is 12.3 Å². The molecule has 0 aromatic carbocycles. The highest BCUT2D eigenvalue weighted by molar-refractivity contribution is 6.24. The average molecular weight is 344 g/mol. The van der Waals surface area contributed by atoms with E-state index in [-0.39, 0.29) is 4.87 Å². The van der Waals surface area contributed by atoms with Crippen LogP contribution in [0.25, 0.3) is 6.08 Å². The van der Waals surface area contributed by atoms with Crippen LogP contribution in [-0.2, 0) is 6.42 Å². The Balaban J connectivity index is 1.52. The molecular weight excluding hydrogens is 322 g/mol. The summed E-state index contributed by atoms with van der Waals surface area (Å²) in [5, 5.41) is 3.74. The standard InChI is InChI=1S/C19H22ClN3O/c20-19-6-10-4-11(7-19)16(12(5-10)8-19)23-17-13-2-1-3-15(13)22-9-14(17)18(21)24/h1-2,9-12,16H,3-8H2,(H2,21,24)(H,22,23)/t10?,11-,12+,16?,19?. The van der Waals surface area contributed by atoms with E-state index in [1.54, 1.807) is 6.20 Å². The first-order valence-corrected chi connectivity index (χ1v) is 9.34. The third kappa shape index (κ3) is 2.12. The molecule has 0 aliphatic heterocycles. The zero-order valence-corrected chi connectivity index (χ0v) is 14.4.